The van der Waals surface area contributed by atoms with Gasteiger partial charge in [0.15, 0.2) is 11.5 Å². The topological polar surface area (TPSA) is 51.7 Å². The lowest BCUT2D eigenvalue weighted by Crippen LogP contribution is -2.36. The van der Waals surface area contributed by atoms with E-state index in [2.05, 4.69) is 0 Å². The molecule has 0 atom stereocenters. The number of fused-ring (bicyclic) bond motifs is 1. The summed E-state index contributed by atoms with van der Waals surface area (Å²) in [5.74, 6) is -0.109. The zero-order valence-corrected chi connectivity index (χ0v) is 19.9. The molecule has 0 spiro atoms. The number of aromatic nitrogens is 1. The highest BCUT2D eigenvalue weighted by atomic mass is 32.1. The molecule has 36 heavy (non-hydrogen) atoms. The molecule has 1 aromatic heterocycles. The van der Waals surface area contributed by atoms with Gasteiger partial charge >= 0.3 is 6.18 Å². The molecule has 0 unspecified atom stereocenters. The number of hydrogen-bond donors (Lipinski definition) is 0. The predicted octanol–water partition coefficient (Wildman–Crippen LogP) is 6.16. The van der Waals surface area contributed by atoms with Gasteiger partial charge in [0.05, 0.1) is 16.3 Å². The summed E-state index contributed by atoms with van der Waals surface area (Å²) in [6.07, 6.45) is -1.14. The van der Waals surface area contributed by atoms with Crippen LogP contribution in [0.4, 0.5) is 17.6 Å². The molecule has 3 aromatic rings. The van der Waals surface area contributed by atoms with Crippen LogP contribution in [-0.2, 0) is 11.0 Å². The summed E-state index contributed by atoms with van der Waals surface area (Å²) < 4.78 is 64.1. The smallest absolute Gasteiger partial charge is 0.419 e. The van der Waals surface area contributed by atoms with Gasteiger partial charge in [-0.25, -0.2) is 9.37 Å². The number of nitrogens with zero attached hydrogens (tertiary/aromatic N) is 2. The van der Waals surface area contributed by atoms with Gasteiger partial charge in [-0.3, -0.25) is 4.79 Å². The van der Waals surface area contributed by atoms with Gasteiger partial charge in [-0.1, -0.05) is 12.1 Å². The number of piperidine rings is 1. The molecule has 0 saturated carbocycles. The molecule has 1 amide bonds. The molecule has 0 bridgehead atoms. The van der Waals surface area contributed by atoms with E-state index in [0.717, 1.165) is 40.2 Å². The zero-order valence-electron chi connectivity index (χ0n) is 19.1. The van der Waals surface area contributed by atoms with Crippen LogP contribution >= 0.6 is 11.3 Å². The monoisotopic (exact) mass is 518 g/mol. The highest BCUT2D eigenvalue weighted by Crippen LogP contribution is 2.37. The van der Waals surface area contributed by atoms with Crippen molar-refractivity contribution in [3.05, 3.63) is 69.8 Å². The van der Waals surface area contributed by atoms with Gasteiger partial charge in [0.2, 0.25) is 5.91 Å². The minimum atomic E-state index is -4.79. The SMILES string of the molecule is O=C(/C=C/c1cccc(C(F)(F)F)c1F)N1CCC(c2nc(-c3ccc4c(c3)OCCO4)cs2)CC1. The highest BCUT2D eigenvalue weighted by Gasteiger charge is 2.34. The quantitative estimate of drug-likeness (QED) is 0.307. The Morgan fingerprint density at radius 3 is 2.58 bits per heavy atom. The Labute approximate surface area is 209 Å². The van der Waals surface area contributed by atoms with Gasteiger partial charge in [0.1, 0.15) is 19.0 Å². The maximum absolute atomic E-state index is 14.2. The normalized spacial score (nSPS) is 16.5. The fraction of sp³-hybridized carbons (Fsp3) is 0.308. The lowest BCUT2D eigenvalue weighted by Gasteiger charge is -2.30. The first kappa shape index (κ1) is 24.3. The Hall–Kier alpha value is -3.40. The van der Waals surface area contributed by atoms with Crippen LogP contribution in [0, 0.1) is 5.82 Å². The van der Waals surface area contributed by atoms with E-state index in [-0.39, 0.29) is 17.4 Å². The molecule has 5 nitrogen and oxygen atoms in total. The van der Waals surface area contributed by atoms with E-state index in [0.29, 0.717) is 51.0 Å². The summed E-state index contributed by atoms with van der Waals surface area (Å²) in [6, 6.07) is 8.77. The number of thiazole rings is 1. The average molecular weight is 519 g/mol. The van der Waals surface area contributed by atoms with E-state index in [4.69, 9.17) is 14.5 Å². The molecule has 0 radical (unpaired) electrons. The second kappa shape index (κ2) is 9.93. The van der Waals surface area contributed by atoms with Crippen LogP contribution in [0.25, 0.3) is 17.3 Å². The maximum atomic E-state index is 14.2. The van der Waals surface area contributed by atoms with Gasteiger partial charge in [-0.15, -0.1) is 11.3 Å². The van der Waals surface area contributed by atoms with Crippen molar-refractivity contribution in [2.45, 2.75) is 24.9 Å². The van der Waals surface area contributed by atoms with Crippen molar-refractivity contribution < 1.29 is 31.8 Å². The van der Waals surface area contributed by atoms with Crippen LogP contribution in [0.1, 0.15) is 34.9 Å². The van der Waals surface area contributed by atoms with Gasteiger partial charge in [-0.05, 0) is 43.2 Å². The number of hydrogen-bond acceptors (Lipinski definition) is 5. The van der Waals surface area contributed by atoms with Gasteiger partial charge < -0.3 is 14.4 Å². The number of carbonyl (C=O) groups is 1. The van der Waals surface area contributed by atoms with E-state index in [9.17, 15) is 22.4 Å². The van der Waals surface area contributed by atoms with Crippen molar-refractivity contribution in [1.29, 1.82) is 0 Å². The van der Waals surface area contributed by atoms with E-state index in [1.54, 1.807) is 16.2 Å². The average Bonchev–Trinajstić information content (AvgIpc) is 3.37. The Bertz CT molecular complexity index is 1300. The summed E-state index contributed by atoms with van der Waals surface area (Å²) >= 11 is 1.58. The number of benzene rings is 2. The van der Waals surface area contributed by atoms with Gasteiger partial charge in [0.25, 0.3) is 0 Å². The lowest BCUT2D eigenvalue weighted by atomic mass is 9.97. The number of likely N-dealkylation sites (tertiary alicyclic amines) is 1. The van der Waals surface area contributed by atoms with Crippen LogP contribution < -0.4 is 9.47 Å². The minimum absolute atomic E-state index is 0.204. The third kappa shape index (κ3) is 5.09. The number of carbonyl (C=O) groups excluding carboxylic acids is 1. The summed E-state index contributed by atoms with van der Waals surface area (Å²) in [6.45, 7) is 2.02. The number of halogens is 4. The Morgan fingerprint density at radius 1 is 1.08 bits per heavy atom. The number of alkyl halides is 3. The number of ether oxygens (including phenoxy) is 2. The summed E-state index contributed by atoms with van der Waals surface area (Å²) in [5.41, 5.74) is 0.178. The molecule has 2 aliphatic heterocycles. The maximum Gasteiger partial charge on any atom is 0.419 e. The molecule has 3 heterocycles. The molecule has 2 aromatic carbocycles. The second-order valence-corrected chi connectivity index (χ2v) is 9.46. The van der Waals surface area contributed by atoms with Crippen LogP contribution in [0.2, 0.25) is 0 Å². The van der Waals surface area contributed by atoms with Crippen LogP contribution in [0.15, 0.2) is 47.9 Å². The first-order valence-corrected chi connectivity index (χ1v) is 12.4. The van der Waals surface area contributed by atoms with E-state index in [1.165, 1.54) is 6.07 Å². The molecular weight excluding hydrogens is 496 g/mol. The first-order chi connectivity index (χ1) is 17.3. The van der Waals surface area contributed by atoms with Crippen molar-refractivity contribution in [3.8, 4) is 22.8 Å². The zero-order chi connectivity index (χ0) is 25.3. The summed E-state index contributed by atoms with van der Waals surface area (Å²) in [5, 5.41) is 3.00. The number of rotatable bonds is 4. The third-order valence-electron chi connectivity index (χ3n) is 6.26. The highest BCUT2D eigenvalue weighted by molar-refractivity contribution is 7.10. The molecule has 1 fully saturated rings. The Morgan fingerprint density at radius 2 is 1.83 bits per heavy atom. The van der Waals surface area contributed by atoms with Crippen LogP contribution in [0.5, 0.6) is 11.5 Å². The standard InChI is InChI=1S/C26H22F4N2O3S/c27-24-16(2-1-3-19(24)26(28,29)30)5-7-23(33)32-10-8-17(9-11-32)25-31-20(15-36-25)18-4-6-21-22(14-18)35-13-12-34-21/h1-7,14-15,17H,8-13H2/b7-5+. The van der Waals surface area contributed by atoms with Crippen molar-refractivity contribution >= 4 is 23.3 Å². The van der Waals surface area contributed by atoms with Crippen molar-refractivity contribution in [2.75, 3.05) is 26.3 Å². The summed E-state index contributed by atoms with van der Waals surface area (Å²) in [7, 11) is 0. The molecule has 10 heteroatoms. The lowest BCUT2D eigenvalue weighted by molar-refractivity contribution is -0.140. The molecule has 5 rings (SSSR count). The van der Waals surface area contributed by atoms with Gasteiger partial charge in [-0.2, -0.15) is 13.2 Å². The number of amides is 1. The fourth-order valence-electron chi connectivity index (χ4n) is 4.32. The largest absolute Gasteiger partial charge is 0.486 e. The first-order valence-electron chi connectivity index (χ1n) is 11.5. The van der Waals surface area contributed by atoms with Crippen molar-refractivity contribution in [3.63, 3.8) is 0 Å². The van der Waals surface area contributed by atoms with Crippen molar-refractivity contribution in [1.82, 2.24) is 9.88 Å². The predicted molar refractivity (Wildman–Crippen MR) is 128 cm³/mol. The Kier molecular flexibility index (Phi) is 6.70. The van der Waals surface area contributed by atoms with Crippen LogP contribution in [0.3, 0.4) is 0 Å². The van der Waals surface area contributed by atoms with Gasteiger partial charge in [0, 0.05) is 41.6 Å². The Balaban J connectivity index is 1.20. The van der Waals surface area contributed by atoms with E-state index >= 15 is 0 Å². The van der Waals surface area contributed by atoms with Crippen LogP contribution in [-0.4, -0.2) is 42.1 Å². The fourth-order valence-corrected chi connectivity index (χ4v) is 5.32. The molecule has 1 saturated heterocycles. The molecule has 188 valence electrons. The molecule has 0 aliphatic carbocycles. The molecule has 0 N–H and O–H groups in total. The third-order valence-corrected chi connectivity index (χ3v) is 7.26. The summed E-state index contributed by atoms with van der Waals surface area (Å²) in [4.78, 5) is 19.0. The molecular formula is C26H22F4N2O3S. The molecule has 2 aliphatic rings. The minimum Gasteiger partial charge on any atom is -0.486 e. The van der Waals surface area contributed by atoms with E-state index in [1.807, 2.05) is 23.6 Å². The second-order valence-electron chi connectivity index (χ2n) is 8.57. The van der Waals surface area contributed by atoms with E-state index < -0.39 is 17.6 Å². The van der Waals surface area contributed by atoms with Crippen molar-refractivity contribution in [2.24, 2.45) is 0 Å².